The molecule has 0 aromatic carbocycles. The van der Waals surface area contributed by atoms with Crippen LogP contribution in [-0.2, 0) is 20.1 Å². The first-order valence-corrected chi connectivity index (χ1v) is 7.76. The van der Waals surface area contributed by atoms with Crippen LogP contribution in [0.2, 0.25) is 0 Å². The van der Waals surface area contributed by atoms with Crippen molar-refractivity contribution in [3.8, 4) is 0 Å². The maximum Gasteiger partial charge on any atom is 0 e. The molecule has 0 aliphatic rings. The second-order valence-corrected chi connectivity index (χ2v) is 7.82. The van der Waals surface area contributed by atoms with Crippen LogP contribution in [0.25, 0.3) is 0 Å². The van der Waals surface area contributed by atoms with E-state index < -0.39 is 0 Å². The van der Waals surface area contributed by atoms with Crippen molar-refractivity contribution >= 4 is 15.8 Å². The van der Waals surface area contributed by atoms with E-state index in [2.05, 4.69) is 26.7 Å². The molecule has 57 valence electrons. The van der Waals surface area contributed by atoms with Crippen molar-refractivity contribution in [2.75, 3.05) is 39.0 Å². The van der Waals surface area contributed by atoms with E-state index in [-0.39, 0.29) is 20.1 Å². The molecule has 3 heteroatoms. The van der Waals surface area contributed by atoms with Crippen molar-refractivity contribution in [2.45, 2.75) is 0 Å². The Balaban J connectivity index is 0. The third-order valence-corrected chi connectivity index (χ3v) is 3.58. The summed E-state index contributed by atoms with van der Waals surface area (Å²) < 4.78 is 0. The first-order chi connectivity index (χ1) is 3.63. The first-order valence-electron chi connectivity index (χ1n) is 2.92. The molecule has 0 amide bonds. The van der Waals surface area contributed by atoms with Crippen LogP contribution in [0.3, 0.4) is 0 Å². The van der Waals surface area contributed by atoms with E-state index in [4.69, 9.17) is 0 Å². The minimum Gasteiger partial charge on any atom is -0.113 e. The zero-order valence-electron chi connectivity index (χ0n) is 6.69. The molecular formula is C6H16P2Tc. The van der Waals surface area contributed by atoms with Gasteiger partial charge in [-0.3, -0.25) is 0 Å². The summed E-state index contributed by atoms with van der Waals surface area (Å²) in [5.74, 6) is 0. The molecule has 0 nitrogen and oxygen atoms in total. The van der Waals surface area contributed by atoms with Gasteiger partial charge in [-0.1, -0.05) is 0 Å². The van der Waals surface area contributed by atoms with E-state index in [1.165, 1.54) is 12.3 Å². The van der Waals surface area contributed by atoms with Gasteiger partial charge in [-0.15, -0.1) is 15.8 Å². The molecule has 0 bridgehead atoms. The molecule has 1 radical (unpaired) electrons. The van der Waals surface area contributed by atoms with E-state index in [9.17, 15) is 0 Å². The van der Waals surface area contributed by atoms with Crippen molar-refractivity contribution in [2.24, 2.45) is 0 Å². The monoisotopic (exact) mass is 247 g/mol. The Morgan fingerprint density at radius 3 is 1.11 bits per heavy atom. The van der Waals surface area contributed by atoms with E-state index in [1.807, 2.05) is 0 Å². The third kappa shape index (κ3) is 12.7. The van der Waals surface area contributed by atoms with Crippen LogP contribution in [0.15, 0.2) is 0 Å². The molecule has 9 heavy (non-hydrogen) atoms. The number of hydrogen-bond acceptors (Lipinski definition) is 0. The van der Waals surface area contributed by atoms with Crippen LogP contribution in [-0.4, -0.2) is 39.0 Å². The van der Waals surface area contributed by atoms with Crippen molar-refractivity contribution < 1.29 is 20.1 Å². The predicted octanol–water partition coefficient (Wildman–Crippen LogP) is 2.47. The summed E-state index contributed by atoms with van der Waals surface area (Å²) in [5.41, 5.74) is 0. The minimum absolute atomic E-state index is 0. The van der Waals surface area contributed by atoms with E-state index in [0.29, 0.717) is 15.8 Å². The molecule has 0 spiro atoms. The van der Waals surface area contributed by atoms with Gasteiger partial charge in [0.05, 0.1) is 0 Å². The fourth-order valence-corrected chi connectivity index (χ4v) is 3.60. The molecule has 0 heterocycles. The molecule has 0 fully saturated rings. The van der Waals surface area contributed by atoms with E-state index in [0.717, 1.165) is 0 Å². The van der Waals surface area contributed by atoms with Crippen LogP contribution < -0.4 is 0 Å². The van der Waals surface area contributed by atoms with Gasteiger partial charge in [0, 0.05) is 20.1 Å². The maximum atomic E-state index is 2.36. The Hall–Kier alpha value is 1.51. The fraction of sp³-hybridized carbons (Fsp3) is 1.00. The van der Waals surface area contributed by atoms with Gasteiger partial charge in [0.2, 0.25) is 0 Å². The summed E-state index contributed by atoms with van der Waals surface area (Å²) >= 11 is 0. The first kappa shape index (κ1) is 13.1. The summed E-state index contributed by atoms with van der Waals surface area (Å²) in [4.78, 5) is 0. The van der Waals surface area contributed by atoms with Crippen LogP contribution in [0.4, 0.5) is 0 Å². The number of hydrogen-bond donors (Lipinski definition) is 0. The molecule has 0 aromatic heterocycles. The second kappa shape index (κ2) is 7.61. The average Bonchev–Trinajstić information content (AvgIpc) is 1.61. The molecule has 0 aliphatic heterocycles. The Kier molecular flexibility index (Phi) is 11.1. The standard InChI is InChI=1S/C6H16P2.Tc/c1-7(2)5-6-8(3)4;/h5-6H2,1-4H3;. The molecule has 0 unspecified atom stereocenters. The Labute approximate surface area is 75.0 Å². The molecule has 0 aliphatic carbocycles. The van der Waals surface area contributed by atoms with Crippen molar-refractivity contribution in [3.63, 3.8) is 0 Å². The number of rotatable bonds is 3. The molecule has 0 rings (SSSR count). The molecule has 0 aromatic rings. The van der Waals surface area contributed by atoms with Crippen LogP contribution in [0.1, 0.15) is 0 Å². The van der Waals surface area contributed by atoms with E-state index >= 15 is 0 Å². The molecule has 0 N–H and O–H groups in total. The normalized spacial score (nSPS) is 10.0. The topological polar surface area (TPSA) is 0 Å². The zero-order chi connectivity index (χ0) is 6.57. The van der Waals surface area contributed by atoms with Gasteiger partial charge < -0.3 is 0 Å². The Morgan fingerprint density at radius 1 is 0.778 bits per heavy atom. The molecule has 0 saturated heterocycles. The largest absolute Gasteiger partial charge is 0.113 e. The van der Waals surface area contributed by atoms with Crippen LogP contribution in [0, 0.1) is 0 Å². The Morgan fingerprint density at radius 2 is 1.00 bits per heavy atom. The van der Waals surface area contributed by atoms with Crippen LogP contribution in [0.5, 0.6) is 0 Å². The smallest absolute Gasteiger partial charge is 0 e. The van der Waals surface area contributed by atoms with Gasteiger partial charge in [-0.25, -0.2) is 0 Å². The van der Waals surface area contributed by atoms with Gasteiger partial charge >= 0.3 is 0 Å². The summed E-state index contributed by atoms with van der Waals surface area (Å²) in [6, 6.07) is 0. The fourth-order valence-electron chi connectivity index (χ4n) is 0.400. The summed E-state index contributed by atoms with van der Waals surface area (Å²) in [6.07, 6.45) is 2.96. The summed E-state index contributed by atoms with van der Waals surface area (Å²) in [5, 5.41) is 0. The van der Waals surface area contributed by atoms with Gasteiger partial charge in [-0.2, -0.15) is 0 Å². The third-order valence-electron chi connectivity index (χ3n) is 0.994. The van der Waals surface area contributed by atoms with Gasteiger partial charge in [0.25, 0.3) is 0 Å². The Bertz CT molecular complexity index is 47.0. The van der Waals surface area contributed by atoms with Gasteiger partial charge in [-0.05, 0) is 39.0 Å². The molecule has 0 saturated carbocycles. The van der Waals surface area contributed by atoms with Crippen molar-refractivity contribution in [1.82, 2.24) is 0 Å². The van der Waals surface area contributed by atoms with E-state index in [1.54, 1.807) is 0 Å². The second-order valence-electron chi connectivity index (χ2n) is 2.61. The average molecular weight is 248 g/mol. The predicted molar refractivity (Wildman–Crippen MR) is 47.3 cm³/mol. The zero-order valence-corrected chi connectivity index (χ0v) is 10.3. The molecule has 0 atom stereocenters. The van der Waals surface area contributed by atoms with Crippen molar-refractivity contribution in [1.29, 1.82) is 0 Å². The SMILES string of the molecule is CP(C)CCP(C)C.[Tc]. The summed E-state index contributed by atoms with van der Waals surface area (Å²) in [6.45, 7) is 9.42. The van der Waals surface area contributed by atoms with Crippen LogP contribution >= 0.6 is 15.8 Å². The minimum atomic E-state index is 0. The van der Waals surface area contributed by atoms with Crippen molar-refractivity contribution in [3.05, 3.63) is 0 Å². The van der Waals surface area contributed by atoms with Gasteiger partial charge in [0.15, 0.2) is 0 Å². The summed E-state index contributed by atoms with van der Waals surface area (Å²) in [7, 11) is 0.766. The molecular weight excluding hydrogens is 232 g/mol. The maximum absolute atomic E-state index is 2.36. The quantitative estimate of drug-likeness (QED) is 0.673. The van der Waals surface area contributed by atoms with Gasteiger partial charge in [0.1, 0.15) is 0 Å².